The number of likely N-dealkylation sites (tertiary alicyclic amines) is 1. The molecule has 0 N–H and O–H groups in total. The largest absolute Gasteiger partial charge is 0.490 e. The maximum atomic E-state index is 12.7. The van der Waals surface area contributed by atoms with E-state index >= 15 is 0 Å². The highest BCUT2D eigenvalue weighted by Gasteiger charge is 2.20. The Labute approximate surface area is 188 Å². The average molecular weight is 435 g/mol. The smallest absolute Gasteiger partial charge is 0.339 e. The predicted molar refractivity (Wildman–Crippen MR) is 125 cm³/mol. The van der Waals surface area contributed by atoms with Gasteiger partial charge in [-0.05, 0) is 50.6 Å². The zero-order valence-corrected chi connectivity index (χ0v) is 19.0. The van der Waals surface area contributed by atoms with Gasteiger partial charge in [0.05, 0.1) is 6.42 Å². The second kappa shape index (κ2) is 9.57. The van der Waals surface area contributed by atoms with E-state index in [4.69, 9.17) is 9.15 Å². The van der Waals surface area contributed by atoms with Crippen LogP contribution in [0.5, 0.6) is 5.75 Å². The molecule has 1 fully saturated rings. The van der Waals surface area contributed by atoms with E-state index in [1.807, 2.05) is 49.4 Å². The van der Waals surface area contributed by atoms with Gasteiger partial charge in [0.15, 0.2) is 0 Å². The van der Waals surface area contributed by atoms with Crippen molar-refractivity contribution < 1.29 is 13.9 Å². The van der Waals surface area contributed by atoms with Crippen LogP contribution in [0.15, 0.2) is 57.7 Å². The van der Waals surface area contributed by atoms with Gasteiger partial charge in [-0.2, -0.15) is 0 Å². The van der Waals surface area contributed by atoms with Crippen molar-refractivity contribution in [2.45, 2.75) is 38.8 Å². The molecule has 3 aromatic rings. The van der Waals surface area contributed by atoms with Gasteiger partial charge in [-0.3, -0.25) is 4.79 Å². The molecule has 0 spiro atoms. The van der Waals surface area contributed by atoms with Crippen LogP contribution in [0, 0.1) is 6.92 Å². The van der Waals surface area contributed by atoms with Crippen LogP contribution in [0.3, 0.4) is 0 Å². The van der Waals surface area contributed by atoms with Gasteiger partial charge in [-0.25, -0.2) is 4.79 Å². The quantitative estimate of drug-likeness (QED) is 0.553. The number of ether oxygens (including phenoxy) is 1. The highest BCUT2D eigenvalue weighted by molar-refractivity contribution is 5.84. The fourth-order valence-electron chi connectivity index (χ4n) is 4.13. The lowest BCUT2D eigenvalue weighted by atomic mass is 10.1. The van der Waals surface area contributed by atoms with Gasteiger partial charge in [-0.1, -0.05) is 30.3 Å². The van der Waals surface area contributed by atoms with Gasteiger partial charge >= 0.3 is 5.63 Å². The van der Waals surface area contributed by atoms with E-state index in [0.29, 0.717) is 17.7 Å². The summed E-state index contributed by atoms with van der Waals surface area (Å²) in [5, 5.41) is 0.798. The van der Waals surface area contributed by atoms with Crippen LogP contribution in [0.4, 0.5) is 0 Å². The number of hydrogen-bond donors (Lipinski definition) is 0. The average Bonchev–Trinajstić information content (AvgIpc) is 2.79. The molecule has 1 saturated heterocycles. The summed E-state index contributed by atoms with van der Waals surface area (Å²) in [6, 6.07) is 15.4. The Balaban J connectivity index is 1.49. The number of benzene rings is 2. The molecule has 6 heteroatoms. The number of rotatable bonds is 6. The highest BCUT2D eigenvalue weighted by atomic mass is 16.5. The first-order chi connectivity index (χ1) is 15.4. The standard InChI is InChI=1S/C26H30N2O4/c1-18-23(31-22-11-13-27(2)14-12-22)10-9-20-15-21(26(30)32-25(18)20)16-24(29)28(3)17-19-7-5-4-6-8-19/h4-10,15,22H,11-14,16-17H2,1-3H3. The first-order valence-corrected chi connectivity index (χ1v) is 11.1. The molecule has 0 saturated carbocycles. The summed E-state index contributed by atoms with van der Waals surface area (Å²) in [6.07, 6.45) is 2.14. The van der Waals surface area contributed by atoms with Crippen LogP contribution in [-0.2, 0) is 17.8 Å². The summed E-state index contributed by atoms with van der Waals surface area (Å²) < 4.78 is 11.9. The van der Waals surface area contributed by atoms with Gasteiger partial charge < -0.3 is 19.0 Å². The lowest BCUT2D eigenvalue weighted by Gasteiger charge is -2.29. The lowest BCUT2D eigenvalue weighted by Crippen LogP contribution is -2.35. The Kier molecular flexibility index (Phi) is 6.61. The maximum absolute atomic E-state index is 12.7. The predicted octanol–water partition coefficient (Wildman–Crippen LogP) is 3.78. The van der Waals surface area contributed by atoms with Gasteiger partial charge in [0.2, 0.25) is 5.91 Å². The monoisotopic (exact) mass is 434 g/mol. The Hall–Kier alpha value is -3.12. The molecule has 1 aliphatic rings. The molecular formula is C26H30N2O4. The minimum Gasteiger partial charge on any atom is -0.490 e. The van der Waals surface area contributed by atoms with Crippen molar-refractivity contribution in [2.24, 2.45) is 0 Å². The first kappa shape index (κ1) is 22.1. The molecule has 0 atom stereocenters. The Morgan fingerprint density at radius 1 is 1.16 bits per heavy atom. The van der Waals surface area contributed by atoms with Crippen LogP contribution < -0.4 is 10.4 Å². The third-order valence-electron chi connectivity index (χ3n) is 6.16. The molecule has 2 heterocycles. The third kappa shape index (κ3) is 5.02. The molecule has 1 aliphatic heterocycles. The topological polar surface area (TPSA) is 63.0 Å². The third-order valence-corrected chi connectivity index (χ3v) is 6.16. The Morgan fingerprint density at radius 3 is 2.59 bits per heavy atom. The molecular weight excluding hydrogens is 404 g/mol. The van der Waals surface area contributed by atoms with Crippen molar-refractivity contribution in [3.05, 3.63) is 75.6 Å². The Morgan fingerprint density at radius 2 is 1.88 bits per heavy atom. The molecule has 0 radical (unpaired) electrons. The van der Waals surface area contributed by atoms with Crippen molar-refractivity contribution in [2.75, 3.05) is 27.2 Å². The molecule has 0 aliphatic carbocycles. The van der Waals surface area contributed by atoms with E-state index < -0.39 is 5.63 Å². The van der Waals surface area contributed by atoms with Gasteiger partial charge in [0.25, 0.3) is 0 Å². The molecule has 2 aromatic carbocycles. The lowest BCUT2D eigenvalue weighted by molar-refractivity contribution is -0.129. The number of likely N-dealkylation sites (N-methyl/N-ethyl adjacent to an activating group) is 1. The van der Waals surface area contributed by atoms with Crippen molar-refractivity contribution in [3.8, 4) is 5.75 Å². The van der Waals surface area contributed by atoms with Crippen molar-refractivity contribution in [1.29, 1.82) is 0 Å². The summed E-state index contributed by atoms with van der Waals surface area (Å²) in [6.45, 7) is 4.44. The second-order valence-electron chi connectivity index (χ2n) is 8.70. The molecule has 0 unspecified atom stereocenters. The maximum Gasteiger partial charge on any atom is 0.339 e. The van der Waals surface area contributed by atoms with E-state index in [-0.39, 0.29) is 18.4 Å². The summed E-state index contributed by atoms with van der Waals surface area (Å²) in [5.41, 5.74) is 2.28. The number of amides is 1. The Bertz CT molecular complexity index is 1150. The van der Waals surface area contributed by atoms with Crippen molar-refractivity contribution in [1.82, 2.24) is 9.80 Å². The number of aryl methyl sites for hydroxylation is 1. The van der Waals surface area contributed by atoms with E-state index in [2.05, 4.69) is 11.9 Å². The molecule has 1 aromatic heterocycles. The van der Waals surface area contributed by atoms with E-state index in [9.17, 15) is 9.59 Å². The van der Waals surface area contributed by atoms with E-state index in [1.54, 1.807) is 18.0 Å². The van der Waals surface area contributed by atoms with Crippen LogP contribution in [0.2, 0.25) is 0 Å². The van der Waals surface area contributed by atoms with Crippen LogP contribution in [0.1, 0.15) is 29.5 Å². The minimum atomic E-state index is -0.474. The number of piperidine rings is 1. The summed E-state index contributed by atoms with van der Waals surface area (Å²) in [7, 11) is 3.86. The molecule has 0 bridgehead atoms. The van der Waals surface area contributed by atoms with Crippen LogP contribution in [0.25, 0.3) is 11.0 Å². The number of fused-ring (bicyclic) bond motifs is 1. The van der Waals surface area contributed by atoms with Gasteiger partial charge in [-0.15, -0.1) is 0 Å². The SMILES string of the molecule is Cc1c(OC2CCN(C)CC2)ccc2cc(CC(=O)N(C)Cc3ccccc3)c(=O)oc12. The van der Waals surface area contributed by atoms with Gasteiger partial charge in [0, 0.05) is 43.2 Å². The second-order valence-corrected chi connectivity index (χ2v) is 8.70. The number of hydrogen-bond acceptors (Lipinski definition) is 5. The summed E-state index contributed by atoms with van der Waals surface area (Å²) >= 11 is 0. The fourth-order valence-corrected chi connectivity index (χ4v) is 4.13. The van der Waals surface area contributed by atoms with Crippen LogP contribution in [-0.4, -0.2) is 49.0 Å². The molecule has 1 amide bonds. The minimum absolute atomic E-state index is 0.00843. The summed E-state index contributed by atoms with van der Waals surface area (Å²) in [5.74, 6) is 0.626. The van der Waals surface area contributed by atoms with Crippen LogP contribution >= 0.6 is 0 Å². The van der Waals surface area contributed by atoms with Crippen molar-refractivity contribution >= 4 is 16.9 Å². The highest BCUT2D eigenvalue weighted by Crippen LogP contribution is 2.29. The van der Waals surface area contributed by atoms with Crippen molar-refractivity contribution in [3.63, 3.8) is 0 Å². The van der Waals surface area contributed by atoms with E-state index in [0.717, 1.165) is 48.2 Å². The molecule has 6 nitrogen and oxygen atoms in total. The van der Waals surface area contributed by atoms with Gasteiger partial charge in [0.1, 0.15) is 17.4 Å². The number of carbonyl (C=O) groups is 1. The molecule has 4 rings (SSSR count). The normalized spacial score (nSPS) is 15.1. The molecule has 168 valence electrons. The molecule has 32 heavy (non-hydrogen) atoms. The zero-order valence-electron chi connectivity index (χ0n) is 19.0. The summed E-state index contributed by atoms with van der Waals surface area (Å²) in [4.78, 5) is 29.3. The first-order valence-electron chi connectivity index (χ1n) is 11.1. The number of carbonyl (C=O) groups excluding carboxylic acids is 1. The van der Waals surface area contributed by atoms with E-state index in [1.165, 1.54) is 0 Å². The fraction of sp³-hybridized carbons (Fsp3) is 0.385. The number of nitrogens with zero attached hydrogens (tertiary/aromatic N) is 2. The zero-order chi connectivity index (χ0) is 22.7.